The van der Waals surface area contributed by atoms with E-state index >= 15 is 0 Å². The van der Waals surface area contributed by atoms with Crippen molar-refractivity contribution in [2.45, 2.75) is 208 Å². The molecule has 0 saturated heterocycles. The summed E-state index contributed by atoms with van der Waals surface area (Å²) >= 11 is 0. The van der Waals surface area contributed by atoms with E-state index in [0.717, 1.165) is 116 Å². The summed E-state index contributed by atoms with van der Waals surface area (Å²) in [5.41, 5.74) is 4.12. The first-order chi connectivity index (χ1) is 35.2. The summed E-state index contributed by atoms with van der Waals surface area (Å²) < 4.78 is 27.4. The fourth-order valence-electron chi connectivity index (χ4n) is 14.8. The third kappa shape index (κ3) is 15.2. The highest BCUT2D eigenvalue weighted by Crippen LogP contribution is 2.69. The van der Waals surface area contributed by atoms with Crippen LogP contribution in [0.3, 0.4) is 0 Å². The van der Waals surface area contributed by atoms with Crippen molar-refractivity contribution in [1.82, 2.24) is 9.80 Å². The Morgan fingerprint density at radius 2 is 1.21 bits per heavy atom. The van der Waals surface area contributed by atoms with Crippen LogP contribution in [0.5, 0.6) is 0 Å². The number of rotatable bonds is 31. The van der Waals surface area contributed by atoms with Gasteiger partial charge < -0.3 is 23.8 Å². The van der Waals surface area contributed by atoms with Gasteiger partial charge in [-0.3, -0.25) is 4.90 Å². The average Bonchev–Trinajstić information content (AvgIpc) is 3.76. The number of ether oxygens (including phenoxy) is 4. The fraction of sp³-hybridized carbons (Fsp3) is 0.708. The van der Waals surface area contributed by atoms with E-state index in [1.165, 1.54) is 81.8 Å². The van der Waals surface area contributed by atoms with Crippen LogP contribution in [0.1, 0.15) is 187 Å². The maximum absolute atomic E-state index is 13.7. The first-order valence-corrected chi connectivity index (χ1v) is 29.8. The SMILES string of the molecule is CCCCCCCCN(CCCC(C)[C@H]1CC[C@H]2C3C(OCCCN(Cc4ccccc4)Cc4ccccc4)C[C@@H]4C[C@H](OCCCC)CC[C@]4(C)[C@H]3C[C@H](OCCCC)[C@]12C)C(=O)OCc1ccccc1. The van der Waals surface area contributed by atoms with Crippen molar-refractivity contribution in [3.05, 3.63) is 108 Å². The van der Waals surface area contributed by atoms with Gasteiger partial charge in [-0.1, -0.05) is 177 Å². The number of fused-ring (bicyclic) bond motifs is 5. The van der Waals surface area contributed by atoms with Crippen molar-refractivity contribution in [1.29, 1.82) is 0 Å². The Hall–Kier alpha value is -3.23. The molecular formula is C65H100N2O5. The van der Waals surface area contributed by atoms with Crippen LogP contribution < -0.4 is 0 Å². The van der Waals surface area contributed by atoms with Gasteiger partial charge in [-0.2, -0.15) is 0 Å². The molecule has 7 heteroatoms. The highest BCUT2D eigenvalue weighted by Gasteiger charge is 2.66. The molecule has 11 atom stereocenters. The number of hydrogen-bond donors (Lipinski definition) is 0. The number of benzene rings is 3. The molecule has 3 aromatic carbocycles. The number of amides is 1. The van der Waals surface area contributed by atoms with E-state index in [9.17, 15) is 4.79 Å². The Balaban J connectivity index is 1.07. The molecule has 3 unspecified atom stereocenters. The van der Waals surface area contributed by atoms with Gasteiger partial charge in [0, 0.05) is 58.0 Å². The van der Waals surface area contributed by atoms with Crippen molar-refractivity contribution in [3.63, 3.8) is 0 Å². The normalized spacial score (nSPS) is 28.3. The molecule has 4 aliphatic carbocycles. The second-order valence-corrected chi connectivity index (χ2v) is 23.7. The molecule has 400 valence electrons. The predicted molar refractivity (Wildman–Crippen MR) is 297 cm³/mol. The quantitative estimate of drug-likeness (QED) is 0.0599. The number of carbonyl (C=O) groups is 1. The Morgan fingerprint density at radius 3 is 1.88 bits per heavy atom. The third-order valence-corrected chi connectivity index (χ3v) is 18.9. The molecular weight excluding hydrogens is 889 g/mol. The van der Waals surface area contributed by atoms with Crippen LogP contribution in [0.25, 0.3) is 0 Å². The molecule has 4 aliphatic rings. The van der Waals surface area contributed by atoms with Crippen molar-refractivity contribution in [3.8, 4) is 0 Å². The molecule has 7 nitrogen and oxygen atoms in total. The standard InChI is InChI=1S/C65H100N2O5/c1-7-10-13-14-15-25-40-67(63(68)72-50-54-33-23-18-24-34-54)41-26-28-51(4)57-35-36-58-62-59(47-61(65(57,58)6)71-43-12-9-3)64(5)38-37-56(69-42-11-8-2)45-55(64)46-60(62)70-44-27-39-66(48-52-29-19-16-20-30-52)49-53-31-21-17-22-32-53/h16-24,29-34,51,55-62H,7-15,25-28,35-50H2,1-6H3/t51?,55-,56+,57+,58-,59-,60?,61-,62?,64-,65+/m0/s1. The molecule has 3 aromatic rings. The second kappa shape index (κ2) is 29.2. The highest BCUT2D eigenvalue weighted by molar-refractivity contribution is 5.67. The van der Waals surface area contributed by atoms with Gasteiger partial charge in [0.2, 0.25) is 0 Å². The van der Waals surface area contributed by atoms with Crippen LogP contribution in [0.15, 0.2) is 91.0 Å². The maximum Gasteiger partial charge on any atom is 0.410 e. The largest absolute Gasteiger partial charge is 0.445 e. The van der Waals surface area contributed by atoms with E-state index < -0.39 is 0 Å². The van der Waals surface area contributed by atoms with Gasteiger partial charge in [-0.05, 0) is 141 Å². The van der Waals surface area contributed by atoms with Crippen LogP contribution in [0, 0.1) is 46.3 Å². The van der Waals surface area contributed by atoms with Gasteiger partial charge in [0.25, 0.3) is 0 Å². The lowest BCUT2D eigenvalue weighted by molar-refractivity contribution is -0.227. The molecule has 0 bridgehead atoms. The number of nitrogens with zero attached hydrogens (tertiary/aromatic N) is 2. The van der Waals surface area contributed by atoms with Gasteiger partial charge in [-0.15, -0.1) is 0 Å². The molecule has 0 aromatic heterocycles. The number of carbonyl (C=O) groups excluding carboxylic acids is 1. The second-order valence-electron chi connectivity index (χ2n) is 23.7. The minimum atomic E-state index is -0.160. The minimum absolute atomic E-state index is 0.0779. The fourth-order valence-corrected chi connectivity index (χ4v) is 14.8. The van der Waals surface area contributed by atoms with E-state index in [1.807, 2.05) is 35.2 Å². The molecule has 0 heterocycles. The molecule has 7 rings (SSSR count). The summed E-state index contributed by atoms with van der Waals surface area (Å²) in [6.07, 6.45) is 24.2. The van der Waals surface area contributed by atoms with E-state index in [-0.39, 0.29) is 29.1 Å². The molecule has 0 spiro atoms. The van der Waals surface area contributed by atoms with E-state index in [2.05, 4.69) is 107 Å². The van der Waals surface area contributed by atoms with E-state index in [0.29, 0.717) is 48.2 Å². The third-order valence-electron chi connectivity index (χ3n) is 18.9. The molecule has 72 heavy (non-hydrogen) atoms. The summed E-state index contributed by atoms with van der Waals surface area (Å²) in [4.78, 5) is 18.4. The molecule has 4 saturated carbocycles. The highest BCUT2D eigenvalue weighted by atomic mass is 16.6. The Bertz CT molecular complexity index is 1910. The lowest BCUT2D eigenvalue weighted by Gasteiger charge is -2.65. The van der Waals surface area contributed by atoms with Crippen LogP contribution in [-0.2, 0) is 38.6 Å². The van der Waals surface area contributed by atoms with E-state index in [1.54, 1.807) is 0 Å². The van der Waals surface area contributed by atoms with Crippen LogP contribution in [0.2, 0.25) is 0 Å². The first-order valence-electron chi connectivity index (χ1n) is 29.8. The summed E-state index contributed by atoms with van der Waals surface area (Å²) in [7, 11) is 0. The summed E-state index contributed by atoms with van der Waals surface area (Å²) in [6.45, 7) is 22.1. The van der Waals surface area contributed by atoms with Crippen molar-refractivity contribution in [2.24, 2.45) is 46.3 Å². The zero-order chi connectivity index (χ0) is 50.6. The van der Waals surface area contributed by atoms with Gasteiger partial charge >= 0.3 is 6.09 Å². The minimum Gasteiger partial charge on any atom is -0.445 e. The zero-order valence-electron chi connectivity index (χ0n) is 46.3. The van der Waals surface area contributed by atoms with Crippen molar-refractivity contribution in [2.75, 3.05) is 39.5 Å². The Kier molecular flexibility index (Phi) is 22.9. The maximum atomic E-state index is 13.7. The molecule has 0 radical (unpaired) electrons. The monoisotopic (exact) mass is 989 g/mol. The Labute approximate surface area is 439 Å². The van der Waals surface area contributed by atoms with Gasteiger partial charge in [0.05, 0.1) is 18.3 Å². The van der Waals surface area contributed by atoms with Crippen molar-refractivity contribution >= 4 is 6.09 Å². The molecule has 0 aliphatic heterocycles. The van der Waals surface area contributed by atoms with Crippen LogP contribution >= 0.6 is 0 Å². The molecule has 4 fully saturated rings. The van der Waals surface area contributed by atoms with Crippen molar-refractivity contribution < 1.29 is 23.7 Å². The summed E-state index contributed by atoms with van der Waals surface area (Å²) in [5, 5.41) is 0. The smallest absolute Gasteiger partial charge is 0.410 e. The molecule has 0 N–H and O–H groups in total. The average molecular weight is 990 g/mol. The summed E-state index contributed by atoms with van der Waals surface area (Å²) in [6, 6.07) is 32.1. The van der Waals surface area contributed by atoms with E-state index in [4.69, 9.17) is 18.9 Å². The van der Waals surface area contributed by atoms with Crippen LogP contribution in [0.4, 0.5) is 4.79 Å². The van der Waals surface area contributed by atoms with Crippen LogP contribution in [-0.4, -0.2) is 73.7 Å². The zero-order valence-corrected chi connectivity index (χ0v) is 46.3. The lowest BCUT2D eigenvalue weighted by atomic mass is 9.43. The number of hydrogen-bond acceptors (Lipinski definition) is 6. The van der Waals surface area contributed by atoms with Gasteiger partial charge in [0.1, 0.15) is 6.61 Å². The lowest BCUT2D eigenvalue weighted by Crippen LogP contribution is -2.63. The first kappa shape index (κ1) is 56.5. The Morgan fingerprint density at radius 1 is 0.611 bits per heavy atom. The summed E-state index contributed by atoms with van der Waals surface area (Å²) in [5.74, 6) is 3.40. The predicted octanol–water partition coefficient (Wildman–Crippen LogP) is 16.1. The van der Waals surface area contributed by atoms with Gasteiger partial charge in [-0.25, -0.2) is 4.79 Å². The number of unbranched alkanes of at least 4 members (excludes halogenated alkanes) is 7. The molecule has 1 amide bonds. The topological polar surface area (TPSA) is 60.5 Å². The van der Waals surface area contributed by atoms with Gasteiger partial charge in [0.15, 0.2) is 0 Å².